The zero-order valence-corrected chi connectivity index (χ0v) is 15.8. The Balaban J connectivity index is 1.86. The lowest BCUT2D eigenvalue weighted by molar-refractivity contribution is -0.119. The van der Waals surface area contributed by atoms with Gasteiger partial charge in [0, 0.05) is 10.6 Å². The first-order valence-corrected chi connectivity index (χ1v) is 9.09. The fraction of sp³-hybridized carbons (Fsp3) is 0.316. The lowest BCUT2D eigenvalue weighted by Crippen LogP contribution is -2.20. The largest absolute Gasteiger partial charge is 0.462 e. The van der Waals surface area contributed by atoms with E-state index in [-0.39, 0.29) is 6.61 Å². The Hall–Kier alpha value is -2.67. The van der Waals surface area contributed by atoms with Crippen molar-refractivity contribution in [3.63, 3.8) is 0 Å². The maximum atomic E-state index is 12.0. The molecule has 2 aromatic rings. The summed E-state index contributed by atoms with van der Waals surface area (Å²) >= 11 is 1.38. The van der Waals surface area contributed by atoms with Gasteiger partial charge < -0.3 is 14.8 Å². The van der Waals surface area contributed by atoms with Crippen molar-refractivity contribution in [3.05, 3.63) is 51.2 Å². The Bertz CT molecular complexity index is 795. The number of rotatable bonds is 7. The van der Waals surface area contributed by atoms with Crippen molar-refractivity contribution in [2.45, 2.75) is 27.2 Å². The van der Waals surface area contributed by atoms with Crippen molar-refractivity contribution in [1.29, 1.82) is 0 Å². The van der Waals surface area contributed by atoms with Crippen molar-refractivity contribution in [2.24, 2.45) is 0 Å². The van der Waals surface area contributed by atoms with Gasteiger partial charge in [-0.1, -0.05) is 6.92 Å². The fourth-order valence-electron chi connectivity index (χ4n) is 2.27. The van der Waals surface area contributed by atoms with E-state index in [1.807, 2.05) is 13.8 Å². The number of amides is 1. The molecule has 0 unspecified atom stereocenters. The Morgan fingerprint density at radius 1 is 1.04 bits per heavy atom. The van der Waals surface area contributed by atoms with Crippen LogP contribution in [0.15, 0.2) is 30.3 Å². The van der Waals surface area contributed by atoms with Crippen LogP contribution in [-0.2, 0) is 20.7 Å². The van der Waals surface area contributed by atoms with Gasteiger partial charge in [0.1, 0.15) is 4.88 Å². The SMILES string of the molecule is CCOC(=O)c1ccc(NC(=O)COC(=O)c2cc(C)c(CC)s2)cc1. The molecule has 138 valence electrons. The molecule has 1 amide bonds. The molecule has 1 heterocycles. The van der Waals surface area contributed by atoms with Crippen LogP contribution in [0, 0.1) is 6.92 Å². The van der Waals surface area contributed by atoms with Crippen molar-refractivity contribution in [1.82, 2.24) is 0 Å². The molecule has 0 saturated carbocycles. The highest BCUT2D eigenvalue weighted by molar-refractivity contribution is 7.14. The first-order valence-electron chi connectivity index (χ1n) is 8.28. The number of hydrogen-bond acceptors (Lipinski definition) is 6. The highest BCUT2D eigenvalue weighted by Gasteiger charge is 2.15. The number of anilines is 1. The zero-order chi connectivity index (χ0) is 19.1. The second kappa shape index (κ2) is 9.15. The van der Waals surface area contributed by atoms with Crippen molar-refractivity contribution in [3.8, 4) is 0 Å². The van der Waals surface area contributed by atoms with Gasteiger partial charge in [0.15, 0.2) is 6.61 Å². The minimum atomic E-state index is -0.509. The number of hydrogen-bond donors (Lipinski definition) is 1. The van der Waals surface area contributed by atoms with Crippen LogP contribution in [0.3, 0.4) is 0 Å². The highest BCUT2D eigenvalue weighted by atomic mass is 32.1. The van der Waals surface area contributed by atoms with Crippen LogP contribution in [0.4, 0.5) is 5.69 Å². The van der Waals surface area contributed by atoms with Crippen LogP contribution in [0.2, 0.25) is 0 Å². The molecule has 0 spiro atoms. The molecular formula is C19H21NO5S. The fourth-order valence-corrected chi connectivity index (χ4v) is 3.28. The van der Waals surface area contributed by atoms with Crippen molar-refractivity contribution in [2.75, 3.05) is 18.5 Å². The standard InChI is InChI=1S/C19H21NO5S/c1-4-15-12(3)10-16(26-15)19(23)25-11-17(21)20-14-8-6-13(7-9-14)18(22)24-5-2/h6-10H,4-5,11H2,1-3H3,(H,20,21). The van der Waals surface area contributed by atoms with E-state index in [1.54, 1.807) is 37.3 Å². The highest BCUT2D eigenvalue weighted by Crippen LogP contribution is 2.23. The Labute approximate surface area is 156 Å². The first kappa shape index (κ1) is 19.7. The molecule has 0 atom stereocenters. The molecule has 0 fully saturated rings. The van der Waals surface area contributed by atoms with Crippen LogP contribution >= 0.6 is 11.3 Å². The summed E-state index contributed by atoms with van der Waals surface area (Å²) in [5, 5.41) is 2.61. The second-order valence-electron chi connectivity index (χ2n) is 5.49. The molecular weight excluding hydrogens is 354 g/mol. The molecule has 6 nitrogen and oxygen atoms in total. The smallest absolute Gasteiger partial charge is 0.348 e. The summed E-state index contributed by atoms with van der Waals surface area (Å²) < 4.78 is 9.95. The van der Waals surface area contributed by atoms with E-state index in [9.17, 15) is 14.4 Å². The summed E-state index contributed by atoms with van der Waals surface area (Å²) in [7, 11) is 0. The number of ether oxygens (including phenoxy) is 2. The van der Waals surface area contributed by atoms with Gasteiger partial charge in [-0.25, -0.2) is 9.59 Å². The Morgan fingerprint density at radius 2 is 1.73 bits per heavy atom. The Kier molecular flexibility index (Phi) is 6.91. The molecule has 0 saturated heterocycles. The third-order valence-electron chi connectivity index (χ3n) is 3.56. The zero-order valence-electron chi connectivity index (χ0n) is 15.0. The average molecular weight is 375 g/mol. The summed E-state index contributed by atoms with van der Waals surface area (Å²) in [6.07, 6.45) is 0.853. The van der Waals surface area contributed by atoms with Gasteiger partial charge in [-0.2, -0.15) is 0 Å². The molecule has 0 radical (unpaired) electrons. The quantitative estimate of drug-likeness (QED) is 0.748. The van der Waals surface area contributed by atoms with Crippen LogP contribution in [0.5, 0.6) is 0 Å². The molecule has 0 aliphatic carbocycles. The van der Waals surface area contributed by atoms with Crippen molar-refractivity contribution >= 4 is 34.9 Å². The lowest BCUT2D eigenvalue weighted by atomic mass is 10.2. The minimum Gasteiger partial charge on any atom is -0.462 e. The van der Waals surface area contributed by atoms with E-state index < -0.39 is 17.8 Å². The van der Waals surface area contributed by atoms with E-state index in [0.717, 1.165) is 16.9 Å². The maximum Gasteiger partial charge on any atom is 0.348 e. The van der Waals surface area contributed by atoms with Gasteiger partial charge in [0.25, 0.3) is 5.91 Å². The number of thiophene rings is 1. The summed E-state index contributed by atoms with van der Waals surface area (Å²) in [6.45, 7) is 5.62. The predicted octanol–water partition coefficient (Wildman–Crippen LogP) is 3.59. The second-order valence-corrected chi connectivity index (χ2v) is 6.63. The van der Waals surface area contributed by atoms with Crippen LogP contribution < -0.4 is 5.32 Å². The molecule has 2 rings (SSSR count). The number of benzene rings is 1. The van der Waals surface area contributed by atoms with E-state index >= 15 is 0 Å². The van der Waals surface area contributed by atoms with E-state index in [0.29, 0.717) is 22.7 Å². The Morgan fingerprint density at radius 3 is 2.31 bits per heavy atom. The molecule has 7 heteroatoms. The van der Waals surface area contributed by atoms with Gasteiger partial charge in [-0.15, -0.1) is 11.3 Å². The number of aryl methyl sites for hydroxylation is 2. The normalized spacial score (nSPS) is 10.3. The third kappa shape index (κ3) is 5.16. The summed E-state index contributed by atoms with van der Waals surface area (Å²) in [4.78, 5) is 37.1. The van der Waals surface area contributed by atoms with E-state index in [4.69, 9.17) is 9.47 Å². The number of nitrogens with one attached hydrogen (secondary N) is 1. The molecule has 26 heavy (non-hydrogen) atoms. The molecule has 1 aromatic heterocycles. The molecule has 0 bridgehead atoms. The van der Waals surface area contributed by atoms with E-state index in [2.05, 4.69) is 5.32 Å². The van der Waals surface area contributed by atoms with E-state index in [1.165, 1.54) is 11.3 Å². The minimum absolute atomic E-state index is 0.298. The lowest BCUT2D eigenvalue weighted by Gasteiger charge is -2.07. The van der Waals surface area contributed by atoms with Crippen LogP contribution in [-0.4, -0.2) is 31.1 Å². The number of esters is 2. The van der Waals surface area contributed by atoms with Crippen LogP contribution in [0.25, 0.3) is 0 Å². The van der Waals surface area contributed by atoms with Crippen LogP contribution in [0.1, 0.15) is 44.3 Å². The van der Waals surface area contributed by atoms with Gasteiger partial charge in [-0.05, 0) is 56.2 Å². The van der Waals surface area contributed by atoms with Gasteiger partial charge in [0.2, 0.25) is 0 Å². The van der Waals surface area contributed by atoms with Gasteiger partial charge >= 0.3 is 11.9 Å². The van der Waals surface area contributed by atoms with Gasteiger partial charge in [-0.3, -0.25) is 4.79 Å². The molecule has 1 aromatic carbocycles. The average Bonchev–Trinajstić information content (AvgIpc) is 3.01. The number of carbonyl (C=O) groups excluding carboxylic acids is 3. The monoisotopic (exact) mass is 375 g/mol. The van der Waals surface area contributed by atoms with Crippen molar-refractivity contribution < 1.29 is 23.9 Å². The van der Waals surface area contributed by atoms with Gasteiger partial charge in [0.05, 0.1) is 12.2 Å². The molecule has 0 aliphatic heterocycles. The molecule has 0 aliphatic rings. The summed E-state index contributed by atoms with van der Waals surface area (Å²) in [5.74, 6) is -1.38. The maximum absolute atomic E-state index is 12.0. The third-order valence-corrected chi connectivity index (χ3v) is 4.92. The molecule has 1 N–H and O–H groups in total. The topological polar surface area (TPSA) is 81.7 Å². The predicted molar refractivity (Wildman–Crippen MR) is 99.7 cm³/mol. The summed E-state index contributed by atoms with van der Waals surface area (Å²) in [5.41, 5.74) is 1.95. The number of carbonyl (C=O) groups is 3. The first-order chi connectivity index (χ1) is 12.4. The summed E-state index contributed by atoms with van der Waals surface area (Å²) in [6, 6.07) is 8.06.